The van der Waals surface area contributed by atoms with Crippen LogP contribution in [0.2, 0.25) is 0 Å². The molecule has 134 valence electrons. The number of para-hydroxylation sites is 1. The number of phenols is 1. The van der Waals surface area contributed by atoms with Crippen LogP contribution in [0.1, 0.15) is 17.2 Å². The van der Waals surface area contributed by atoms with Crippen LogP contribution in [0.5, 0.6) is 11.5 Å². The first-order valence-electron chi connectivity index (χ1n) is 7.96. The van der Waals surface area contributed by atoms with Crippen molar-refractivity contribution in [2.24, 2.45) is 0 Å². The van der Waals surface area contributed by atoms with Crippen molar-refractivity contribution in [3.8, 4) is 11.5 Å². The smallest absolute Gasteiger partial charge is 0.292 e. The van der Waals surface area contributed by atoms with Crippen molar-refractivity contribution in [2.75, 3.05) is 0 Å². The summed E-state index contributed by atoms with van der Waals surface area (Å²) in [5.74, 6) is -2.21. The van der Waals surface area contributed by atoms with Gasteiger partial charge >= 0.3 is 0 Å². The Balaban J connectivity index is 1.65. The number of hydrogen-bond acceptors (Lipinski definition) is 6. The molecule has 1 spiro atoms. The highest BCUT2D eigenvalue weighted by molar-refractivity contribution is 6.02. The number of ether oxygens (including phenoxy) is 1. The van der Waals surface area contributed by atoms with E-state index < -0.39 is 29.4 Å². The summed E-state index contributed by atoms with van der Waals surface area (Å²) in [6.45, 7) is 0. The van der Waals surface area contributed by atoms with Crippen LogP contribution < -0.4 is 15.4 Å². The second-order valence-electron chi connectivity index (χ2n) is 6.37. The molecule has 2 heterocycles. The highest BCUT2D eigenvalue weighted by Gasteiger charge is 2.62. The zero-order valence-electron chi connectivity index (χ0n) is 13.5. The molecule has 4 rings (SSSR count). The second kappa shape index (κ2) is 5.45. The average molecular weight is 356 g/mol. The summed E-state index contributed by atoms with van der Waals surface area (Å²) in [7, 11) is 0. The summed E-state index contributed by atoms with van der Waals surface area (Å²) < 4.78 is 5.45. The molecule has 5 N–H and O–H groups in total. The maximum Gasteiger partial charge on any atom is 0.292 e. The SMILES string of the molecule is O=C1N[C@@](O)(Cc2ccccc2)C(=O)N[C@]12Oc1c(O)cccc1[C@H]2O. The number of hydrogen-bond donors (Lipinski definition) is 5. The first-order valence-corrected chi connectivity index (χ1v) is 7.96. The third-order valence-corrected chi connectivity index (χ3v) is 4.60. The van der Waals surface area contributed by atoms with E-state index in [1.54, 1.807) is 30.3 Å². The molecule has 3 atom stereocenters. The molecule has 8 heteroatoms. The maximum atomic E-state index is 12.7. The molecule has 0 unspecified atom stereocenters. The van der Waals surface area contributed by atoms with Gasteiger partial charge in [0.2, 0.25) is 5.72 Å². The van der Waals surface area contributed by atoms with E-state index in [1.807, 2.05) is 0 Å². The lowest BCUT2D eigenvalue weighted by atomic mass is 9.93. The fourth-order valence-corrected chi connectivity index (χ4v) is 3.25. The zero-order valence-corrected chi connectivity index (χ0v) is 13.5. The third kappa shape index (κ3) is 2.23. The van der Waals surface area contributed by atoms with Gasteiger partial charge in [0.1, 0.15) is 0 Å². The maximum absolute atomic E-state index is 12.7. The number of rotatable bonds is 2. The minimum atomic E-state index is -2.19. The number of aliphatic hydroxyl groups excluding tert-OH is 1. The van der Waals surface area contributed by atoms with Crippen LogP contribution in [0.25, 0.3) is 0 Å². The number of carbonyl (C=O) groups is 2. The summed E-state index contributed by atoms with van der Waals surface area (Å²) in [5, 5.41) is 35.6. The normalized spacial score (nSPS) is 29.7. The molecule has 2 amide bonds. The number of amides is 2. The molecule has 0 aliphatic carbocycles. The number of benzene rings is 2. The van der Waals surface area contributed by atoms with Crippen molar-refractivity contribution >= 4 is 11.8 Å². The van der Waals surface area contributed by atoms with Crippen LogP contribution in [-0.2, 0) is 16.0 Å². The molecular weight excluding hydrogens is 340 g/mol. The Morgan fingerprint density at radius 3 is 2.42 bits per heavy atom. The fourth-order valence-electron chi connectivity index (χ4n) is 3.25. The quantitative estimate of drug-likeness (QED) is 0.502. The number of piperazine rings is 1. The third-order valence-electron chi connectivity index (χ3n) is 4.60. The number of nitrogens with one attached hydrogen (secondary N) is 2. The van der Waals surface area contributed by atoms with Crippen molar-refractivity contribution in [3.63, 3.8) is 0 Å². The van der Waals surface area contributed by atoms with Crippen LogP contribution in [0, 0.1) is 0 Å². The Hall–Kier alpha value is -3.10. The monoisotopic (exact) mass is 356 g/mol. The topological polar surface area (TPSA) is 128 Å². The predicted molar refractivity (Wildman–Crippen MR) is 87.8 cm³/mol. The highest BCUT2D eigenvalue weighted by Crippen LogP contribution is 2.47. The van der Waals surface area contributed by atoms with Gasteiger partial charge in [0.05, 0.1) is 0 Å². The van der Waals surface area contributed by atoms with Gasteiger partial charge in [0.25, 0.3) is 17.5 Å². The zero-order chi connectivity index (χ0) is 18.5. The van der Waals surface area contributed by atoms with Crippen molar-refractivity contribution in [3.05, 3.63) is 59.7 Å². The van der Waals surface area contributed by atoms with Crippen LogP contribution in [0.3, 0.4) is 0 Å². The molecule has 1 saturated heterocycles. The Bertz CT molecular complexity index is 902. The molecule has 2 aromatic rings. The number of aromatic hydroxyl groups is 1. The van der Waals surface area contributed by atoms with E-state index in [4.69, 9.17) is 4.74 Å². The lowest BCUT2D eigenvalue weighted by Gasteiger charge is -2.41. The summed E-state index contributed by atoms with van der Waals surface area (Å²) in [4.78, 5) is 25.3. The van der Waals surface area contributed by atoms with Crippen molar-refractivity contribution < 1.29 is 29.6 Å². The van der Waals surface area contributed by atoms with Crippen LogP contribution in [-0.4, -0.2) is 38.6 Å². The molecule has 1 fully saturated rings. The van der Waals surface area contributed by atoms with Gasteiger partial charge < -0.3 is 30.7 Å². The summed E-state index contributed by atoms with van der Waals surface area (Å²) in [6, 6.07) is 13.0. The van der Waals surface area contributed by atoms with Crippen LogP contribution in [0.4, 0.5) is 0 Å². The predicted octanol–water partition coefficient (Wildman–Crippen LogP) is -0.308. The van der Waals surface area contributed by atoms with E-state index in [-0.39, 0.29) is 23.5 Å². The van der Waals surface area contributed by atoms with E-state index in [1.165, 1.54) is 18.2 Å². The minimum Gasteiger partial charge on any atom is -0.504 e. The molecule has 2 aromatic carbocycles. The van der Waals surface area contributed by atoms with Gasteiger partial charge in [-0.15, -0.1) is 0 Å². The van der Waals surface area contributed by atoms with Gasteiger partial charge in [-0.3, -0.25) is 9.59 Å². The minimum absolute atomic E-state index is 0.0936. The Labute approximate surface area is 148 Å². The summed E-state index contributed by atoms with van der Waals surface area (Å²) >= 11 is 0. The van der Waals surface area contributed by atoms with E-state index in [0.29, 0.717) is 5.56 Å². The number of phenolic OH excluding ortho intramolecular Hbond substituents is 1. The number of fused-ring (bicyclic) bond motifs is 1. The molecule has 2 aliphatic rings. The van der Waals surface area contributed by atoms with Gasteiger partial charge in [0.15, 0.2) is 17.6 Å². The molecule has 26 heavy (non-hydrogen) atoms. The van der Waals surface area contributed by atoms with E-state index in [0.717, 1.165) is 0 Å². The lowest BCUT2D eigenvalue weighted by Crippen LogP contribution is -2.78. The highest BCUT2D eigenvalue weighted by atomic mass is 16.6. The van der Waals surface area contributed by atoms with E-state index >= 15 is 0 Å². The fraction of sp³-hybridized carbons (Fsp3) is 0.222. The van der Waals surface area contributed by atoms with Gasteiger partial charge in [-0.1, -0.05) is 42.5 Å². The van der Waals surface area contributed by atoms with Crippen molar-refractivity contribution in [2.45, 2.75) is 24.0 Å². The Morgan fingerprint density at radius 2 is 1.73 bits per heavy atom. The molecule has 0 aromatic heterocycles. The molecular formula is C18H16N2O6. The van der Waals surface area contributed by atoms with Crippen molar-refractivity contribution in [1.29, 1.82) is 0 Å². The summed E-state index contributed by atoms with van der Waals surface area (Å²) in [6.07, 6.45) is -1.70. The van der Waals surface area contributed by atoms with Gasteiger partial charge in [-0.25, -0.2) is 0 Å². The second-order valence-corrected chi connectivity index (χ2v) is 6.37. The summed E-state index contributed by atoms with van der Waals surface area (Å²) in [5.41, 5.74) is -3.55. The first-order chi connectivity index (χ1) is 12.4. The van der Waals surface area contributed by atoms with Gasteiger partial charge in [-0.2, -0.15) is 0 Å². The van der Waals surface area contributed by atoms with Gasteiger partial charge in [-0.05, 0) is 11.6 Å². The van der Waals surface area contributed by atoms with Crippen molar-refractivity contribution in [1.82, 2.24) is 10.6 Å². The lowest BCUT2D eigenvalue weighted by molar-refractivity contribution is -0.181. The average Bonchev–Trinajstić information content (AvgIpc) is 2.89. The molecule has 0 radical (unpaired) electrons. The molecule has 0 bridgehead atoms. The number of carbonyl (C=O) groups excluding carboxylic acids is 2. The molecule has 8 nitrogen and oxygen atoms in total. The largest absolute Gasteiger partial charge is 0.504 e. The van der Waals surface area contributed by atoms with Crippen LogP contribution in [0.15, 0.2) is 48.5 Å². The molecule has 2 aliphatic heterocycles. The Morgan fingerprint density at radius 1 is 1.00 bits per heavy atom. The Kier molecular flexibility index (Phi) is 3.43. The molecule has 0 saturated carbocycles. The van der Waals surface area contributed by atoms with Crippen LogP contribution >= 0.6 is 0 Å². The van der Waals surface area contributed by atoms with E-state index in [9.17, 15) is 24.9 Å². The van der Waals surface area contributed by atoms with Gasteiger partial charge in [0, 0.05) is 12.0 Å². The first kappa shape index (κ1) is 16.4. The number of aliphatic hydroxyl groups is 2. The van der Waals surface area contributed by atoms with E-state index in [2.05, 4.69) is 10.6 Å². The standard InChI is InChI=1S/C18H16N2O6/c21-12-8-4-7-11-13(12)26-18(14(11)22)16(24)19-17(25,15(23)20-18)9-10-5-2-1-3-6-10/h1-8,14,21-22,25H,9H2,(H,19,24)(H,20,23)/t14-,17-,18-/m1/s1.